The Kier molecular flexibility index (Phi) is 4.88. The molecule has 0 fully saturated rings. The molecule has 7 heteroatoms. The highest BCUT2D eigenvalue weighted by atomic mass is 19.4. The Balaban J connectivity index is 2.15. The zero-order chi connectivity index (χ0) is 23.6. The molecule has 0 N–H and O–H groups in total. The number of ether oxygens (including phenoxy) is 1. The van der Waals surface area contributed by atoms with Crippen LogP contribution < -0.4 is 4.74 Å². The standard InChI is InChI=1S/C25H20F6O/c1-13-9-19-21(11-15(13)3)32-22-12-16(4)14(2)10-20(22)23(19,25(29,30)31)17-5-7-18(8-6-17)24(26,27)28/h5-12H,1-4H3. The highest BCUT2D eigenvalue weighted by molar-refractivity contribution is 5.67. The number of hydrogen-bond donors (Lipinski definition) is 0. The van der Waals surface area contributed by atoms with Gasteiger partial charge >= 0.3 is 12.4 Å². The summed E-state index contributed by atoms with van der Waals surface area (Å²) in [5.41, 5.74) is -1.51. The third-order valence-corrected chi connectivity index (χ3v) is 6.29. The van der Waals surface area contributed by atoms with Gasteiger partial charge in [-0.25, -0.2) is 0 Å². The monoisotopic (exact) mass is 450 g/mol. The van der Waals surface area contributed by atoms with Crippen molar-refractivity contribution in [3.05, 3.63) is 93.0 Å². The van der Waals surface area contributed by atoms with E-state index in [4.69, 9.17) is 4.74 Å². The lowest BCUT2D eigenvalue weighted by molar-refractivity contribution is -0.168. The van der Waals surface area contributed by atoms with E-state index in [1.54, 1.807) is 39.8 Å². The Morgan fingerprint density at radius 3 is 1.41 bits per heavy atom. The van der Waals surface area contributed by atoms with Gasteiger partial charge in [0.25, 0.3) is 0 Å². The van der Waals surface area contributed by atoms with Crippen LogP contribution in [0.3, 0.4) is 0 Å². The van der Waals surface area contributed by atoms with Crippen molar-refractivity contribution in [1.82, 2.24) is 0 Å². The van der Waals surface area contributed by atoms with Crippen molar-refractivity contribution in [1.29, 1.82) is 0 Å². The fourth-order valence-corrected chi connectivity index (χ4v) is 4.29. The summed E-state index contributed by atoms with van der Waals surface area (Å²) in [6.45, 7) is 6.92. The van der Waals surface area contributed by atoms with Crippen molar-refractivity contribution in [2.24, 2.45) is 0 Å². The maximum absolute atomic E-state index is 15.2. The molecule has 1 aliphatic rings. The molecule has 3 aromatic rings. The molecule has 0 aliphatic carbocycles. The van der Waals surface area contributed by atoms with Crippen molar-refractivity contribution < 1.29 is 31.1 Å². The zero-order valence-corrected chi connectivity index (χ0v) is 17.8. The normalized spacial score (nSPS) is 15.1. The van der Waals surface area contributed by atoms with Crippen LogP contribution in [-0.2, 0) is 11.6 Å². The summed E-state index contributed by atoms with van der Waals surface area (Å²) >= 11 is 0. The highest BCUT2D eigenvalue weighted by Gasteiger charge is 2.62. The van der Waals surface area contributed by atoms with Gasteiger partial charge in [-0.1, -0.05) is 24.3 Å². The molecular formula is C25H20F6O. The average Bonchev–Trinajstić information content (AvgIpc) is 2.67. The summed E-state index contributed by atoms with van der Waals surface area (Å²) in [7, 11) is 0. The molecule has 0 bridgehead atoms. The van der Waals surface area contributed by atoms with Gasteiger partial charge in [-0.2, -0.15) is 26.3 Å². The fraction of sp³-hybridized carbons (Fsp3) is 0.280. The molecule has 1 aliphatic heterocycles. The zero-order valence-electron chi connectivity index (χ0n) is 17.8. The van der Waals surface area contributed by atoms with E-state index < -0.39 is 23.3 Å². The number of rotatable bonds is 1. The molecule has 32 heavy (non-hydrogen) atoms. The highest BCUT2D eigenvalue weighted by Crippen LogP contribution is 2.60. The summed E-state index contributed by atoms with van der Waals surface area (Å²) in [6, 6.07) is 9.17. The lowest BCUT2D eigenvalue weighted by atomic mass is 9.66. The SMILES string of the molecule is Cc1cc2c(cc1C)C(c1ccc(C(F)(F)F)cc1)(C(F)(F)F)c1cc(C)c(C)cc1O2. The predicted molar refractivity (Wildman–Crippen MR) is 109 cm³/mol. The average molecular weight is 450 g/mol. The Bertz CT molecular complexity index is 1150. The number of halogens is 6. The van der Waals surface area contributed by atoms with E-state index >= 15 is 13.2 Å². The van der Waals surface area contributed by atoms with Gasteiger partial charge < -0.3 is 4.74 Å². The minimum Gasteiger partial charge on any atom is -0.457 e. The van der Waals surface area contributed by atoms with Crippen LogP contribution in [0.5, 0.6) is 11.5 Å². The van der Waals surface area contributed by atoms with Crippen LogP contribution in [0.4, 0.5) is 26.3 Å². The molecule has 0 radical (unpaired) electrons. The Morgan fingerprint density at radius 2 is 1.03 bits per heavy atom. The maximum Gasteiger partial charge on any atom is 0.416 e. The van der Waals surface area contributed by atoms with E-state index in [2.05, 4.69) is 0 Å². The second-order valence-electron chi connectivity index (χ2n) is 8.29. The number of alkyl halides is 6. The third-order valence-electron chi connectivity index (χ3n) is 6.29. The summed E-state index contributed by atoms with van der Waals surface area (Å²) in [5, 5.41) is 0. The Labute approximate surface area is 181 Å². The number of benzene rings is 3. The first-order chi connectivity index (χ1) is 14.8. The third kappa shape index (κ3) is 3.17. The Morgan fingerprint density at radius 1 is 0.625 bits per heavy atom. The first-order valence-corrected chi connectivity index (χ1v) is 9.92. The largest absolute Gasteiger partial charge is 0.457 e. The van der Waals surface area contributed by atoms with Crippen LogP contribution in [0, 0.1) is 27.7 Å². The van der Waals surface area contributed by atoms with Crippen molar-refractivity contribution >= 4 is 0 Å². The van der Waals surface area contributed by atoms with Crippen LogP contribution in [0.25, 0.3) is 0 Å². The molecule has 4 rings (SSSR count). The number of aryl methyl sites for hydroxylation is 4. The van der Waals surface area contributed by atoms with Gasteiger partial charge in [0.05, 0.1) is 5.56 Å². The van der Waals surface area contributed by atoms with E-state index in [1.165, 1.54) is 12.1 Å². The van der Waals surface area contributed by atoms with Gasteiger partial charge in [0.2, 0.25) is 0 Å². The topological polar surface area (TPSA) is 9.23 Å². The van der Waals surface area contributed by atoms with Gasteiger partial charge in [-0.15, -0.1) is 0 Å². The van der Waals surface area contributed by atoms with Crippen molar-refractivity contribution in [3.8, 4) is 11.5 Å². The van der Waals surface area contributed by atoms with Crippen LogP contribution in [0.15, 0.2) is 48.5 Å². The quantitative estimate of drug-likeness (QED) is 0.342. The van der Waals surface area contributed by atoms with Gasteiger partial charge in [-0.3, -0.25) is 0 Å². The van der Waals surface area contributed by atoms with Gasteiger partial charge in [0.1, 0.15) is 16.9 Å². The summed E-state index contributed by atoms with van der Waals surface area (Å²) < 4.78 is 90.8. The summed E-state index contributed by atoms with van der Waals surface area (Å²) in [6.07, 6.45) is -9.51. The van der Waals surface area contributed by atoms with Gasteiger partial charge in [0.15, 0.2) is 0 Å². The van der Waals surface area contributed by atoms with Crippen LogP contribution in [-0.4, -0.2) is 6.18 Å². The predicted octanol–water partition coefficient (Wildman–Crippen LogP) is 7.94. The van der Waals surface area contributed by atoms with E-state index in [1.807, 2.05) is 0 Å². The van der Waals surface area contributed by atoms with E-state index in [0.717, 1.165) is 23.3 Å². The fourth-order valence-electron chi connectivity index (χ4n) is 4.29. The van der Waals surface area contributed by atoms with Crippen LogP contribution in [0.2, 0.25) is 0 Å². The molecular weight excluding hydrogens is 430 g/mol. The molecule has 3 aromatic carbocycles. The molecule has 0 saturated carbocycles. The smallest absolute Gasteiger partial charge is 0.416 e. The molecule has 0 saturated heterocycles. The first kappa shape index (κ1) is 22.2. The van der Waals surface area contributed by atoms with Gasteiger partial charge in [0, 0.05) is 11.1 Å². The van der Waals surface area contributed by atoms with E-state index in [-0.39, 0.29) is 28.2 Å². The minimum absolute atomic E-state index is 0.0427. The molecule has 1 heterocycles. The summed E-state index contributed by atoms with van der Waals surface area (Å²) in [4.78, 5) is 0. The van der Waals surface area contributed by atoms with Crippen LogP contribution in [0.1, 0.15) is 44.5 Å². The number of hydrogen-bond acceptors (Lipinski definition) is 1. The summed E-state index contributed by atoms with van der Waals surface area (Å²) in [5.74, 6) is 0.0853. The van der Waals surface area contributed by atoms with E-state index in [9.17, 15) is 13.2 Å². The molecule has 1 nitrogen and oxygen atoms in total. The van der Waals surface area contributed by atoms with Crippen molar-refractivity contribution in [2.75, 3.05) is 0 Å². The second-order valence-corrected chi connectivity index (χ2v) is 8.29. The van der Waals surface area contributed by atoms with Crippen LogP contribution >= 0.6 is 0 Å². The first-order valence-electron chi connectivity index (χ1n) is 9.92. The van der Waals surface area contributed by atoms with Gasteiger partial charge in [-0.05, 0) is 79.8 Å². The minimum atomic E-state index is -4.86. The second kappa shape index (κ2) is 7.02. The lowest BCUT2D eigenvalue weighted by Gasteiger charge is -2.42. The maximum atomic E-state index is 15.2. The van der Waals surface area contributed by atoms with Crippen molar-refractivity contribution in [3.63, 3.8) is 0 Å². The Hall–Kier alpha value is -2.96. The van der Waals surface area contributed by atoms with E-state index in [0.29, 0.717) is 23.3 Å². The van der Waals surface area contributed by atoms with Crippen molar-refractivity contribution in [2.45, 2.75) is 45.5 Å². The molecule has 168 valence electrons. The molecule has 0 unspecified atom stereocenters. The number of fused-ring (bicyclic) bond motifs is 2. The molecule has 0 aromatic heterocycles. The lowest BCUT2D eigenvalue weighted by Crippen LogP contribution is -2.46. The molecule has 0 amide bonds. The molecule has 0 spiro atoms. The molecule has 0 atom stereocenters.